The maximum Gasteiger partial charge on any atom is 0.325 e. The van der Waals surface area contributed by atoms with Crippen LogP contribution in [0.25, 0.3) is 5.69 Å². The fourth-order valence-corrected chi connectivity index (χ4v) is 5.05. The molecule has 39 heavy (non-hydrogen) atoms. The number of benzene rings is 2. The fourth-order valence-electron chi connectivity index (χ4n) is 5.05. The maximum atomic E-state index is 14.2. The number of hydrogen-bond acceptors (Lipinski definition) is 6. The highest BCUT2D eigenvalue weighted by Gasteiger charge is 2.41. The first-order chi connectivity index (χ1) is 19.0. The van der Waals surface area contributed by atoms with Gasteiger partial charge in [0.2, 0.25) is 5.91 Å². The van der Waals surface area contributed by atoms with Gasteiger partial charge in [0.15, 0.2) is 0 Å². The summed E-state index contributed by atoms with van der Waals surface area (Å²) in [6.45, 7) is 1.52. The molecule has 1 unspecified atom stereocenters. The van der Waals surface area contributed by atoms with E-state index < -0.39 is 18.0 Å². The van der Waals surface area contributed by atoms with E-state index in [9.17, 15) is 14.4 Å². The molecule has 1 aromatic heterocycles. The Morgan fingerprint density at radius 1 is 1.00 bits per heavy atom. The SMILES string of the molecule is CCOC(=O)CNC(=O)N(CC(=O)N1c2ccccc2-n2cccc2C1c1cc(OC)ccc1OC)C1CC1. The number of hydrogen-bond donors (Lipinski definition) is 1. The molecular formula is C29H32N4O6. The summed E-state index contributed by atoms with van der Waals surface area (Å²) in [6, 6.07) is 16.0. The van der Waals surface area contributed by atoms with Crippen molar-refractivity contribution < 1.29 is 28.6 Å². The fraction of sp³-hybridized carbons (Fsp3) is 0.345. The van der Waals surface area contributed by atoms with Crippen LogP contribution in [0.1, 0.15) is 37.1 Å². The van der Waals surface area contributed by atoms with E-state index >= 15 is 0 Å². The van der Waals surface area contributed by atoms with Gasteiger partial charge in [-0.25, -0.2) is 4.79 Å². The number of methoxy groups -OCH3 is 2. The molecular weight excluding hydrogens is 500 g/mol. The molecule has 2 aromatic carbocycles. The molecule has 0 saturated heterocycles. The number of ether oxygens (including phenoxy) is 3. The third-order valence-electron chi connectivity index (χ3n) is 6.96. The molecule has 3 aromatic rings. The Hall–Kier alpha value is -4.47. The lowest BCUT2D eigenvalue weighted by Gasteiger charge is -2.40. The number of rotatable bonds is 9. The van der Waals surface area contributed by atoms with Gasteiger partial charge in [0.05, 0.1) is 37.9 Å². The molecule has 0 spiro atoms. The molecule has 0 radical (unpaired) electrons. The van der Waals surface area contributed by atoms with Crippen molar-refractivity contribution in [3.05, 3.63) is 72.1 Å². The predicted molar refractivity (Wildman–Crippen MR) is 144 cm³/mol. The maximum absolute atomic E-state index is 14.2. The van der Waals surface area contributed by atoms with Gasteiger partial charge in [-0.1, -0.05) is 12.1 Å². The second-order valence-electron chi connectivity index (χ2n) is 9.39. The van der Waals surface area contributed by atoms with Crippen molar-refractivity contribution in [1.29, 1.82) is 0 Å². The first-order valence-corrected chi connectivity index (χ1v) is 13.0. The van der Waals surface area contributed by atoms with Gasteiger partial charge in [-0.3, -0.25) is 14.5 Å². The van der Waals surface area contributed by atoms with Crippen LogP contribution in [0.4, 0.5) is 10.5 Å². The molecule has 10 heteroatoms. The number of fused-ring (bicyclic) bond motifs is 3. The van der Waals surface area contributed by atoms with E-state index in [2.05, 4.69) is 9.88 Å². The van der Waals surface area contributed by atoms with Crippen LogP contribution in [0.3, 0.4) is 0 Å². The Morgan fingerprint density at radius 3 is 2.46 bits per heavy atom. The number of nitrogens with zero attached hydrogens (tertiary/aromatic N) is 3. The largest absolute Gasteiger partial charge is 0.497 e. The van der Waals surface area contributed by atoms with Crippen LogP contribution < -0.4 is 19.7 Å². The van der Waals surface area contributed by atoms with Gasteiger partial charge < -0.3 is 29.0 Å². The number of carbonyl (C=O) groups is 3. The number of anilines is 1. The number of nitrogens with one attached hydrogen (secondary N) is 1. The van der Waals surface area contributed by atoms with Gasteiger partial charge in [0.25, 0.3) is 0 Å². The molecule has 0 bridgehead atoms. The molecule has 1 atom stereocenters. The van der Waals surface area contributed by atoms with Crippen LogP contribution in [-0.2, 0) is 14.3 Å². The lowest BCUT2D eigenvalue weighted by molar-refractivity contribution is -0.141. The normalized spacial score (nSPS) is 15.6. The highest BCUT2D eigenvalue weighted by atomic mass is 16.5. The average molecular weight is 533 g/mol. The number of esters is 1. The molecule has 204 valence electrons. The standard InChI is InChI=1S/C29H32N4O6/c1-4-39-27(35)17-30-29(36)32(19-11-12-19)18-26(34)33-23-9-6-5-8-22(23)31-15-7-10-24(31)28(33)21-16-20(37-2)13-14-25(21)38-3/h5-10,13-16,19,28H,4,11-12,17-18H2,1-3H3,(H,30,36). The van der Waals surface area contributed by atoms with Crippen LogP contribution in [0.5, 0.6) is 11.5 Å². The number of amides is 3. The summed E-state index contributed by atoms with van der Waals surface area (Å²) in [6.07, 6.45) is 3.56. The number of aromatic nitrogens is 1. The Bertz CT molecular complexity index is 1380. The van der Waals surface area contributed by atoms with Crippen LogP contribution >= 0.6 is 0 Å². The molecule has 1 aliphatic carbocycles. The predicted octanol–water partition coefficient (Wildman–Crippen LogP) is 3.67. The van der Waals surface area contributed by atoms with Gasteiger partial charge in [-0.05, 0) is 62.2 Å². The third kappa shape index (κ3) is 5.14. The highest BCUT2D eigenvalue weighted by Crippen LogP contribution is 2.45. The monoisotopic (exact) mass is 532 g/mol. The van der Waals surface area contributed by atoms with E-state index in [-0.39, 0.29) is 31.6 Å². The van der Waals surface area contributed by atoms with E-state index in [0.717, 1.165) is 29.8 Å². The lowest BCUT2D eigenvalue weighted by atomic mass is 9.96. The molecule has 10 nitrogen and oxygen atoms in total. The van der Waals surface area contributed by atoms with Crippen LogP contribution in [0.15, 0.2) is 60.8 Å². The number of para-hydroxylation sites is 2. The second-order valence-corrected chi connectivity index (χ2v) is 9.39. The van der Waals surface area contributed by atoms with Gasteiger partial charge in [0, 0.05) is 17.8 Å². The van der Waals surface area contributed by atoms with Crippen LogP contribution in [-0.4, -0.2) is 67.3 Å². The smallest absolute Gasteiger partial charge is 0.325 e. The highest BCUT2D eigenvalue weighted by molar-refractivity contribution is 6.00. The van der Waals surface area contributed by atoms with Crippen molar-refractivity contribution >= 4 is 23.6 Å². The molecule has 3 amide bonds. The van der Waals surface area contributed by atoms with E-state index in [1.54, 1.807) is 26.0 Å². The first kappa shape index (κ1) is 26.1. The summed E-state index contributed by atoms with van der Waals surface area (Å²) in [7, 11) is 3.19. The minimum absolute atomic E-state index is 0.0650. The quantitative estimate of drug-likeness (QED) is 0.422. The minimum Gasteiger partial charge on any atom is -0.497 e. The number of carbonyl (C=O) groups excluding carboxylic acids is 3. The molecule has 1 N–H and O–H groups in total. The molecule has 5 rings (SSSR count). The summed E-state index contributed by atoms with van der Waals surface area (Å²) < 4.78 is 18.2. The van der Waals surface area contributed by atoms with Crippen LogP contribution in [0.2, 0.25) is 0 Å². The molecule has 1 fully saturated rings. The Labute approximate surface area is 227 Å². The molecule has 1 saturated carbocycles. The van der Waals surface area contributed by atoms with Gasteiger partial charge in [-0.15, -0.1) is 0 Å². The van der Waals surface area contributed by atoms with Crippen molar-refractivity contribution in [2.24, 2.45) is 0 Å². The lowest BCUT2D eigenvalue weighted by Crippen LogP contribution is -2.50. The molecule has 2 heterocycles. The zero-order valence-corrected chi connectivity index (χ0v) is 22.3. The summed E-state index contributed by atoms with van der Waals surface area (Å²) in [5, 5.41) is 2.60. The van der Waals surface area contributed by atoms with Crippen molar-refractivity contribution in [2.75, 3.05) is 38.8 Å². The Morgan fingerprint density at radius 2 is 1.77 bits per heavy atom. The Balaban J connectivity index is 1.53. The van der Waals surface area contributed by atoms with Crippen molar-refractivity contribution in [2.45, 2.75) is 31.8 Å². The topological polar surface area (TPSA) is 102 Å². The Kier molecular flexibility index (Phi) is 7.44. The number of urea groups is 1. The van der Waals surface area contributed by atoms with E-state index in [1.165, 1.54) is 4.90 Å². The van der Waals surface area contributed by atoms with Gasteiger partial charge in [-0.2, -0.15) is 0 Å². The average Bonchev–Trinajstić information content (AvgIpc) is 3.68. The second kappa shape index (κ2) is 11.1. The minimum atomic E-state index is -0.545. The van der Waals surface area contributed by atoms with Crippen LogP contribution in [0, 0.1) is 0 Å². The zero-order chi connectivity index (χ0) is 27.5. The van der Waals surface area contributed by atoms with Crippen molar-refractivity contribution in [3.8, 4) is 17.2 Å². The first-order valence-electron chi connectivity index (χ1n) is 13.0. The van der Waals surface area contributed by atoms with Gasteiger partial charge in [0.1, 0.15) is 30.6 Å². The summed E-state index contributed by atoms with van der Waals surface area (Å²) in [5.74, 6) is 0.455. The summed E-state index contributed by atoms with van der Waals surface area (Å²) >= 11 is 0. The summed E-state index contributed by atoms with van der Waals surface area (Å²) in [4.78, 5) is 42.4. The van der Waals surface area contributed by atoms with Crippen molar-refractivity contribution in [1.82, 2.24) is 14.8 Å². The van der Waals surface area contributed by atoms with Gasteiger partial charge >= 0.3 is 12.0 Å². The zero-order valence-electron chi connectivity index (χ0n) is 22.3. The molecule has 2 aliphatic rings. The van der Waals surface area contributed by atoms with Crippen molar-refractivity contribution in [3.63, 3.8) is 0 Å². The molecule has 1 aliphatic heterocycles. The third-order valence-corrected chi connectivity index (χ3v) is 6.96. The van der Waals surface area contributed by atoms with E-state index in [0.29, 0.717) is 17.2 Å². The van der Waals surface area contributed by atoms with E-state index in [4.69, 9.17) is 14.2 Å². The summed E-state index contributed by atoms with van der Waals surface area (Å²) in [5.41, 5.74) is 3.19. The van der Waals surface area contributed by atoms with E-state index in [1.807, 2.05) is 60.8 Å².